The van der Waals surface area contributed by atoms with Gasteiger partial charge in [-0.05, 0) is 37.5 Å². The Balaban J connectivity index is 1.83. The van der Waals surface area contributed by atoms with Crippen LogP contribution in [0.15, 0.2) is 48.5 Å². The minimum atomic E-state index is -3.34. The fourth-order valence-corrected chi connectivity index (χ4v) is 4.20. The van der Waals surface area contributed by atoms with Crippen LogP contribution in [0.2, 0.25) is 0 Å². The highest BCUT2D eigenvalue weighted by Gasteiger charge is 2.31. The summed E-state index contributed by atoms with van der Waals surface area (Å²) in [4.78, 5) is 0. The molecule has 1 aliphatic heterocycles. The SMILES string of the molecule is CC(C)S(=O)(=O)N[C@@H]1COCC[C@H]1c1ccc(-c2ccccc2N)cc1. The normalized spacial score (nSPS) is 21.0. The molecule has 5 nitrogen and oxygen atoms in total. The standard InChI is InChI=1S/C20H26N2O3S/c1-14(2)26(23,24)22-20-13-25-12-11-18(20)16-9-7-15(8-10-16)17-5-3-4-6-19(17)21/h3-10,14,18,20,22H,11-13,21H2,1-2H3/t18-,20+/m0/s1. The van der Waals surface area contributed by atoms with Gasteiger partial charge in [0.15, 0.2) is 0 Å². The van der Waals surface area contributed by atoms with E-state index >= 15 is 0 Å². The van der Waals surface area contributed by atoms with Gasteiger partial charge in [0.25, 0.3) is 0 Å². The van der Waals surface area contributed by atoms with Gasteiger partial charge in [0.05, 0.1) is 17.9 Å². The molecule has 0 aliphatic carbocycles. The molecule has 3 N–H and O–H groups in total. The fourth-order valence-electron chi connectivity index (χ4n) is 3.27. The third-order valence-corrected chi connectivity index (χ3v) is 6.78. The van der Waals surface area contributed by atoms with Crippen LogP contribution in [0, 0.1) is 0 Å². The molecule has 0 aromatic heterocycles. The van der Waals surface area contributed by atoms with Crippen molar-refractivity contribution < 1.29 is 13.2 Å². The number of benzene rings is 2. The number of nitrogens with one attached hydrogen (secondary N) is 1. The molecular weight excluding hydrogens is 348 g/mol. The number of hydrogen-bond donors (Lipinski definition) is 2. The highest BCUT2D eigenvalue weighted by atomic mass is 32.2. The summed E-state index contributed by atoms with van der Waals surface area (Å²) >= 11 is 0. The molecule has 140 valence electrons. The molecule has 6 heteroatoms. The Hall–Kier alpha value is -1.89. The molecule has 2 aromatic rings. The first kappa shape index (κ1) is 18.9. The molecule has 1 saturated heterocycles. The van der Waals surface area contributed by atoms with E-state index in [1.54, 1.807) is 13.8 Å². The maximum absolute atomic E-state index is 12.3. The molecule has 2 aromatic carbocycles. The number of para-hydroxylation sites is 1. The molecule has 0 amide bonds. The summed E-state index contributed by atoms with van der Waals surface area (Å²) in [5, 5.41) is -0.464. The number of sulfonamides is 1. The van der Waals surface area contributed by atoms with Crippen molar-refractivity contribution in [3.8, 4) is 11.1 Å². The van der Waals surface area contributed by atoms with E-state index in [0.717, 1.165) is 28.8 Å². The maximum atomic E-state index is 12.3. The van der Waals surface area contributed by atoms with Gasteiger partial charge < -0.3 is 10.5 Å². The number of anilines is 1. The third-order valence-electron chi connectivity index (χ3n) is 4.90. The molecular formula is C20H26N2O3S. The summed E-state index contributed by atoms with van der Waals surface area (Å²) in [7, 11) is -3.34. The molecule has 2 atom stereocenters. The zero-order chi connectivity index (χ0) is 18.7. The van der Waals surface area contributed by atoms with Gasteiger partial charge in [0.2, 0.25) is 10.0 Å². The fraction of sp³-hybridized carbons (Fsp3) is 0.400. The smallest absolute Gasteiger partial charge is 0.214 e. The van der Waals surface area contributed by atoms with E-state index in [4.69, 9.17) is 10.5 Å². The first-order chi connectivity index (χ1) is 12.4. The highest BCUT2D eigenvalue weighted by molar-refractivity contribution is 7.90. The second-order valence-electron chi connectivity index (χ2n) is 7.00. The van der Waals surface area contributed by atoms with Gasteiger partial charge >= 0.3 is 0 Å². The van der Waals surface area contributed by atoms with Crippen molar-refractivity contribution in [3.05, 3.63) is 54.1 Å². The monoisotopic (exact) mass is 374 g/mol. The predicted octanol–water partition coefficient (Wildman–Crippen LogP) is 3.14. The van der Waals surface area contributed by atoms with Gasteiger partial charge in [0, 0.05) is 23.8 Å². The first-order valence-electron chi connectivity index (χ1n) is 8.92. The number of hydrogen-bond acceptors (Lipinski definition) is 4. The van der Waals surface area contributed by atoms with E-state index in [1.807, 2.05) is 36.4 Å². The molecule has 1 aliphatic rings. The van der Waals surface area contributed by atoms with Crippen molar-refractivity contribution in [3.63, 3.8) is 0 Å². The van der Waals surface area contributed by atoms with Gasteiger partial charge in [-0.1, -0.05) is 42.5 Å². The lowest BCUT2D eigenvalue weighted by atomic mass is 9.87. The van der Waals surface area contributed by atoms with E-state index in [-0.39, 0.29) is 12.0 Å². The summed E-state index contributed by atoms with van der Waals surface area (Å²) in [6.07, 6.45) is 0.790. The third kappa shape index (κ3) is 4.09. The van der Waals surface area contributed by atoms with Crippen LogP contribution >= 0.6 is 0 Å². The summed E-state index contributed by atoms with van der Waals surface area (Å²) in [5.41, 5.74) is 9.97. The lowest BCUT2D eigenvalue weighted by Gasteiger charge is -2.33. The summed E-state index contributed by atoms with van der Waals surface area (Å²) in [5.74, 6) is 0.0967. The minimum absolute atomic E-state index is 0.0967. The Labute approximate surface area is 155 Å². The van der Waals surface area contributed by atoms with Crippen LogP contribution in [0.1, 0.15) is 31.7 Å². The second-order valence-corrected chi connectivity index (χ2v) is 9.27. The molecule has 0 bridgehead atoms. The number of rotatable bonds is 5. The lowest BCUT2D eigenvalue weighted by molar-refractivity contribution is 0.0644. The Morgan fingerprint density at radius 3 is 2.46 bits per heavy atom. The molecule has 26 heavy (non-hydrogen) atoms. The maximum Gasteiger partial charge on any atom is 0.214 e. The Bertz CT molecular complexity index is 848. The van der Waals surface area contributed by atoms with Crippen molar-refractivity contribution in [2.75, 3.05) is 18.9 Å². The average molecular weight is 375 g/mol. The van der Waals surface area contributed by atoms with Crippen molar-refractivity contribution in [1.29, 1.82) is 0 Å². The molecule has 0 radical (unpaired) electrons. The van der Waals surface area contributed by atoms with E-state index in [0.29, 0.717) is 13.2 Å². The van der Waals surface area contributed by atoms with Crippen LogP contribution in [-0.4, -0.2) is 32.9 Å². The summed E-state index contributed by atoms with van der Waals surface area (Å²) in [6.45, 7) is 4.39. The molecule has 1 heterocycles. The topological polar surface area (TPSA) is 81.4 Å². The largest absolute Gasteiger partial charge is 0.398 e. The zero-order valence-electron chi connectivity index (χ0n) is 15.2. The molecule has 3 rings (SSSR count). The Kier molecular flexibility index (Phi) is 5.65. The van der Waals surface area contributed by atoms with E-state index in [2.05, 4.69) is 16.9 Å². The van der Waals surface area contributed by atoms with Crippen molar-refractivity contribution in [1.82, 2.24) is 4.72 Å². The van der Waals surface area contributed by atoms with Crippen molar-refractivity contribution >= 4 is 15.7 Å². The quantitative estimate of drug-likeness (QED) is 0.788. The highest BCUT2D eigenvalue weighted by Crippen LogP contribution is 2.31. The zero-order valence-corrected chi connectivity index (χ0v) is 16.0. The van der Waals surface area contributed by atoms with Crippen LogP contribution in [-0.2, 0) is 14.8 Å². The minimum Gasteiger partial charge on any atom is -0.398 e. The van der Waals surface area contributed by atoms with E-state index < -0.39 is 15.3 Å². The molecule has 0 saturated carbocycles. The van der Waals surface area contributed by atoms with Gasteiger partial charge in [0.1, 0.15) is 0 Å². The number of nitrogens with two attached hydrogens (primary N) is 1. The average Bonchev–Trinajstić information content (AvgIpc) is 2.62. The van der Waals surface area contributed by atoms with Crippen LogP contribution in [0.3, 0.4) is 0 Å². The first-order valence-corrected chi connectivity index (χ1v) is 10.5. The van der Waals surface area contributed by atoms with Crippen LogP contribution in [0.4, 0.5) is 5.69 Å². The van der Waals surface area contributed by atoms with Gasteiger partial charge in [-0.15, -0.1) is 0 Å². The van der Waals surface area contributed by atoms with Gasteiger partial charge in [-0.2, -0.15) is 0 Å². The van der Waals surface area contributed by atoms with Crippen molar-refractivity contribution in [2.45, 2.75) is 37.5 Å². The van der Waals surface area contributed by atoms with Gasteiger partial charge in [-0.25, -0.2) is 13.1 Å². The number of ether oxygens (including phenoxy) is 1. The van der Waals surface area contributed by atoms with Crippen LogP contribution in [0.5, 0.6) is 0 Å². The lowest BCUT2D eigenvalue weighted by Crippen LogP contribution is -2.47. The Morgan fingerprint density at radius 1 is 1.12 bits per heavy atom. The van der Waals surface area contributed by atoms with Gasteiger partial charge in [-0.3, -0.25) is 0 Å². The van der Waals surface area contributed by atoms with Crippen LogP contribution in [0.25, 0.3) is 11.1 Å². The summed E-state index contributed by atoms with van der Waals surface area (Å²) in [6, 6.07) is 15.7. The molecule has 0 unspecified atom stereocenters. The van der Waals surface area contributed by atoms with Crippen LogP contribution < -0.4 is 10.5 Å². The predicted molar refractivity (Wildman–Crippen MR) is 105 cm³/mol. The number of nitrogen functional groups attached to an aromatic ring is 1. The Morgan fingerprint density at radius 2 is 1.81 bits per heavy atom. The molecule has 1 fully saturated rings. The molecule has 0 spiro atoms. The van der Waals surface area contributed by atoms with E-state index in [9.17, 15) is 8.42 Å². The second kappa shape index (κ2) is 7.78. The summed E-state index contributed by atoms with van der Waals surface area (Å²) < 4.78 is 32.9. The van der Waals surface area contributed by atoms with E-state index in [1.165, 1.54) is 0 Å². The van der Waals surface area contributed by atoms with Crippen molar-refractivity contribution in [2.24, 2.45) is 0 Å².